The molecular weight excluding hydrogens is 440 g/mol. The number of fused-ring (bicyclic) bond motifs is 3. The Morgan fingerprint density at radius 2 is 1.81 bits per heavy atom. The van der Waals surface area contributed by atoms with E-state index in [-0.39, 0.29) is 35.5 Å². The minimum Gasteiger partial charge on any atom is -0.508 e. The number of primary amides is 1. The molecule has 0 radical (unpaired) electrons. The number of rotatable bonds is 2. The molecule has 4 rings (SSSR count). The van der Waals surface area contributed by atoms with Gasteiger partial charge in [0.2, 0.25) is 5.78 Å². The lowest BCUT2D eigenvalue weighted by atomic mass is 9.61. The van der Waals surface area contributed by atoms with Crippen molar-refractivity contribution >= 4 is 40.7 Å². The smallest absolute Gasteiger partial charge is 0.255 e. The highest BCUT2D eigenvalue weighted by Gasteiger charge is 2.62. The maximum absolute atomic E-state index is 13.6. The van der Waals surface area contributed by atoms with E-state index in [1.165, 1.54) is 11.0 Å². The summed E-state index contributed by atoms with van der Waals surface area (Å²) in [6, 6.07) is 3.50. The third kappa shape index (κ3) is 2.75. The summed E-state index contributed by atoms with van der Waals surface area (Å²) in [4.78, 5) is 39.9. The Kier molecular flexibility index (Phi) is 5.49. The predicted octanol–water partition coefficient (Wildman–Crippen LogP) is 0.878. The molecule has 1 amide bonds. The second-order valence-corrected chi connectivity index (χ2v) is 8.29. The summed E-state index contributed by atoms with van der Waals surface area (Å²) in [5.74, 6) is -6.18. The standard InChI is InChI=1S/C22H22N2O7.ClH/c1-8-9-5-4-6-12(25)13(9)17(26)14-10(8)7-11-16(24(2)3)18(27)15(21(23)30)20(29)22(11,31)19(14)28;/h4-6,11,16,25-26,29,31H,7H2,1-3H3,(H2,23,30);1H/t11-,16-,22?;/m0./s1. The number of nitrogens with two attached hydrogens (primary N) is 1. The Labute approximate surface area is 189 Å². The molecule has 3 atom stereocenters. The van der Waals surface area contributed by atoms with Crippen molar-refractivity contribution in [2.24, 2.45) is 11.7 Å². The van der Waals surface area contributed by atoms with Crippen molar-refractivity contribution in [1.82, 2.24) is 4.90 Å². The van der Waals surface area contributed by atoms with Crippen LogP contribution in [0.2, 0.25) is 0 Å². The fourth-order valence-electron chi connectivity index (χ4n) is 5.04. The van der Waals surface area contributed by atoms with Crippen LogP contribution in [0.5, 0.6) is 11.5 Å². The Bertz CT molecular complexity index is 1240. The quantitative estimate of drug-likeness (QED) is 0.411. The molecule has 0 saturated carbocycles. The first-order valence-corrected chi connectivity index (χ1v) is 9.61. The van der Waals surface area contributed by atoms with E-state index < -0.39 is 52.1 Å². The zero-order chi connectivity index (χ0) is 23.0. The third-order valence-corrected chi connectivity index (χ3v) is 6.51. The van der Waals surface area contributed by atoms with Crippen LogP contribution in [0.25, 0.3) is 10.8 Å². The number of Topliss-reactive ketones (excluding diaryl/α,β-unsaturated/α-hetero) is 2. The molecule has 0 spiro atoms. The number of phenols is 2. The molecule has 2 aliphatic carbocycles. The Hall–Kier alpha value is -3.14. The van der Waals surface area contributed by atoms with E-state index in [1.54, 1.807) is 33.2 Å². The summed E-state index contributed by atoms with van der Waals surface area (Å²) in [5.41, 5.74) is 2.50. The molecule has 1 unspecified atom stereocenters. The van der Waals surface area contributed by atoms with Crippen LogP contribution in [-0.2, 0) is 16.0 Å². The van der Waals surface area contributed by atoms with Crippen LogP contribution in [0, 0.1) is 12.8 Å². The summed E-state index contributed by atoms with van der Waals surface area (Å²) in [7, 11) is 3.10. The lowest BCUT2D eigenvalue weighted by Gasteiger charge is -2.47. The average Bonchev–Trinajstić information content (AvgIpc) is 2.68. The van der Waals surface area contributed by atoms with Crippen molar-refractivity contribution in [1.29, 1.82) is 0 Å². The maximum Gasteiger partial charge on any atom is 0.255 e. The molecule has 2 aromatic rings. The van der Waals surface area contributed by atoms with Crippen LogP contribution >= 0.6 is 12.4 Å². The van der Waals surface area contributed by atoms with E-state index in [9.17, 15) is 34.8 Å². The first-order valence-electron chi connectivity index (χ1n) is 9.61. The number of carbonyl (C=O) groups is 3. The van der Waals surface area contributed by atoms with Crippen LogP contribution in [0.3, 0.4) is 0 Å². The largest absolute Gasteiger partial charge is 0.508 e. The van der Waals surface area contributed by atoms with E-state index in [0.29, 0.717) is 16.5 Å². The minimum atomic E-state index is -2.65. The number of aryl methyl sites for hydroxylation is 1. The fourth-order valence-corrected chi connectivity index (χ4v) is 5.04. The van der Waals surface area contributed by atoms with Gasteiger partial charge in [0.25, 0.3) is 5.91 Å². The number of aliphatic hydroxyl groups is 2. The first-order chi connectivity index (χ1) is 14.4. The van der Waals surface area contributed by atoms with E-state index in [2.05, 4.69) is 0 Å². The van der Waals surface area contributed by atoms with Gasteiger partial charge in [0.05, 0.1) is 17.0 Å². The first kappa shape index (κ1) is 23.5. The van der Waals surface area contributed by atoms with Crippen molar-refractivity contribution < 1.29 is 34.8 Å². The van der Waals surface area contributed by atoms with Gasteiger partial charge in [0.15, 0.2) is 11.4 Å². The summed E-state index contributed by atoms with van der Waals surface area (Å²) in [5, 5.41) is 43.9. The molecule has 170 valence electrons. The lowest BCUT2D eigenvalue weighted by molar-refractivity contribution is -0.132. The van der Waals surface area contributed by atoms with Gasteiger partial charge in [-0.25, -0.2) is 0 Å². The van der Waals surface area contributed by atoms with Gasteiger partial charge in [-0.1, -0.05) is 12.1 Å². The molecule has 0 aromatic heterocycles. The second kappa shape index (κ2) is 7.47. The number of likely N-dealkylation sites (N-methyl/N-ethyl adjacent to an activating group) is 1. The summed E-state index contributed by atoms with van der Waals surface area (Å²) < 4.78 is 0. The molecular formula is C22H23ClN2O7. The van der Waals surface area contributed by atoms with Crippen molar-refractivity contribution in [3.05, 3.63) is 46.2 Å². The number of hydrogen-bond acceptors (Lipinski definition) is 8. The fraction of sp³-hybridized carbons (Fsp3) is 0.318. The van der Waals surface area contributed by atoms with Crippen molar-refractivity contribution in [3.63, 3.8) is 0 Å². The normalized spacial score (nSPS) is 24.9. The monoisotopic (exact) mass is 462 g/mol. The average molecular weight is 463 g/mol. The zero-order valence-electron chi connectivity index (χ0n) is 17.5. The van der Waals surface area contributed by atoms with Gasteiger partial charge in [-0.05, 0) is 50.0 Å². The lowest BCUT2D eigenvalue weighted by Crippen LogP contribution is -2.64. The van der Waals surface area contributed by atoms with Crippen LogP contribution in [0.15, 0.2) is 29.5 Å². The number of aromatic hydroxyl groups is 2. The number of carbonyl (C=O) groups excluding carboxylic acids is 3. The van der Waals surface area contributed by atoms with Gasteiger partial charge in [0, 0.05) is 5.92 Å². The summed E-state index contributed by atoms with van der Waals surface area (Å²) in [6.07, 6.45) is -0.0484. The van der Waals surface area contributed by atoms with Gasteiger partial charge >= 0.3 is 0 Å². The topological polar surface area (TPSA) is 161 Å². The third-order valence-electron chi connectivity index (χ3n) is 6.51. The number of aliphatic hydroxyl groups excluding tert-OH is 1. The molecule has 0 saturated heterocycles. The molecule has 0 aliphatic heterocycles. The molecule has 6 N–H and O–H groups in total. The molecule has 10 heteroatoms. The summed E-state index contributed by atoms with van der Waals surface area (Å²) >= 11 is 0. The van der Waals surface area contributed by atoms with E-state index in [4.69, 9.17) is 5.73 Å². The maximum atomic E-state index is 13.6. The van der Waals surface area contributed by atoms with Crippen LogP contribution in [-0.4, -0.2) is 68.5 Å². The van der Waals surface area contributed by atoms with Gasteiger partial charge in [0.1, 0.15) is 22.8 Å². The zero-order valence-corrected chi connectivity index (χ0v) is 18.4. The van der Waals surface area contributed by atoms with Crippen LogP contribution in [0.1, 0.15) is 21.5 Å². The molecule has 2 aliphatic rings. The number of hydrogen-bond donors (Lipinski definition) is 5. The number of phenolic OH excluding ortho intramolecular Hbond substituents is 2. The SMILES string of the molecule is Cc1c2c(c(O)c3c(O)cccc13)C(=O)C1(O)C(O)=C(C(N)=O)C(=O)[C@@H](N(C)C)[C@@H]1C2.Cl. The van der Waals surface area contributed by atoms with Gasteiger partial charge < -0.3 is 26.2 Å². The highest BCUT2D eigenvalue weighted by atomic mass is 35.5. The van der Waals surface area contributed by atoms with Crippen molar-refractivity contribution in [3.8, 4) is 11.5 Å². The highest BCUT2D eigenvalue weighted by molar-refractivity contribution is 6.25. The summed E-state index contributed by atoms with van der Waals surface area (Å²) in [6.45, 7) is 1.71. The van der Waals surface area contributed by atoms with Gasteiger partial charge in [-0.3, -0.25) is 19.3 Å². The van der Waals surface area contributed by atoms with Gasteiger partial charge in [-0.2, -0.15) is 0 Å². The Balaban J connectivity index is 0.00000289. The number of amides is 1. The van der Waals surface area contributed by atoms with Crippen molar-refractivity contribution in [2.75, 3.05) is 14.1 Å². The minimum absolute atomic E-state index is 0. The molecule has 2 aromatic carbocycles. The number of nitrogens with zero attached hydrogens (tertiary/aromatic N) is 1. The van der Waals surface area contributed by atoms with Crippen LogP contribution < -0.4 is 5.73 Å². The highest BCUT2D eigenvalue weighted by Crippen LogP contribution is 2.50. The molecule has 9 nitrogen and oxygen atoms in total. The van der Waals surface area contributed by atoms with Crippen molar-refractivity contribution in [2.45, 2.75) is 25.0 Å². The number of ketones is 2. The van der Waals surface area contributed by atoms with E-state index in [0.717, 1.165) is 0 Å². The number of halogens is 1. The molecule has 0 fully saturated rings. The second-order valence-electron chi connectivity index (χ2n) is 8.29. The molecule has 32 heavy (non-hydrogen) atoms. The Morgan fingerprint density at radius 3 is 2.38 bits per heavy atom. The van der Waals surface area contributed by atoms with E-state index >= 15 is 0 Å². The Morgan fingerprint density at radius 1 is 1.19 bits per heavy atom. The predicted molar refractivity (Wildman–Crippen MR) is 117 cm³/mol. The van der Waals surface area contributed by atoms with E-state index in [1.807, 2.05) is 0 Å². The molecule has 0 bridgehead atoms. The van der Waals surface area contributed by atoms with Crippen LogP contribution in [0.4, 0.5) is 0 Å². The number of benzene rings is 2. The van der Waals surface area contributed by atoms with Gasteiger partial charge in [-0.15, -0.1) is 12.4 Å². The molecule has 0 heterocycles.